The van der Waals surface area contributed by atoms with Crippen LogP contribution in [0.3, 0.4) is 0 Å². The Bertz CT molecular complexity index is 110. The Balaban J connectivity index is 3.22. The zero-order valence-electron chi connectivity index (χ0n) is 7.21. The summed E-state index contributed by atoms with van der Waals surface area (Å²) in [6.45, 7) is 5.85. The molecule has 0 radical (unpaired) electrons. The van der Waals surface area contributed by atoms with E-state index >= 15 is 0 Å². The Morgan fingerprint density at radius 1 is 1.45 bits per heavy atom. The van der Waals surface area contributed by atoms with Gasteiger partial charge in [-0.1, -0.05) is 5.57 Å². The van der Waals surface area contributed by atoms with Crippen molar-refractivity contribution in [2.75, 3.05) is 6.61 Å². The molecular weight excluding hydrogens is 140 g/mol. The molecule has 1 atom stereocenters. The lowest BCUT2D eigenvalue weighted by Crippen LogP contribution is -2.06. The van der Waals surface area contributed by atoms with Crippen LogP contribution in [0.15, 0.2) is 12.2 Å². The third-order valence-electron chi connectivity index (χ3n) is 1.53. The fraction of sp³-hybridized carbons (Fsp3) is 0.778. The number of hydrogen-bond donors (Lipinski definition) is 2. The highest BCUT2D eigenvalue weighted by Gasteiger charge is 2.02. The molecule has 2 nitrogen and oxygen atoms in total. The molecule has 0 fully saturated rings. The lowest BCUT2D eigenvalue weighted by molar-refractivity contribution is 0.157. The van der Waals surface area contributed by atoms with E-state index in [4.69, 9.17) is 5.11 Å². The van der Waals surface area contributed by atoms with E-state index < -0.39 is 0 Å². The van der Waals surface area contributed by atoms with Gasteiger partial charge in [-0.3, -0.25) is 0 Å². The van der Waals surface area contributed by atoms with Gasteiger partial charge in [0.15, 0.2) is 0 Å². The van der Waals surface area contributed by atoms with Gasteiger partial charge in [0.2, 0.25) is 0 Å². The second kappa shape index (κ2) is 6.38. The smallest absolute Gasteiger partial charge is 0.0577 e. The van der Waals surface area contributed by atoms with E-state index in [1.54, 1.807) is 0 Å². The lowest BCUT2D eigenvalue weighted by atomic mass is 10.1. The minimum Gasteiger partial charge on any atom is -0.396 e. The second-order valence-electron chi connectivity index (χ2n) is 3.03. The fourth-order valence-corrected chi connectivity index (χ4v) is 0.996. The first-order chi connectivity index (χ1) is 5.16. The molecule has 11 heavy (non-hydrogen) atoms. The minimum absolute atomic E-state index is 0.222. The Kier molecular flexibility index (Phi) is 6.18. The van der Waals surface area contributed by atoms with Crippen LogP contribution in [0.4, 0.5) is 0 Å². The van der Waals surface area contributed by atoms with Crippen LogP contribution in [-0.2, 0) is 0 Å². The molecule has 0 aromatic heterocycles. The molecule has 0 bridgehead atoms. The van der Waals surface area contributed by atoms with Gasteiger partial charge in [0.1, 0.15) is 0 Å². The van der Waals surface area contributed by atoms with Crippen LogP contribution < -0.4 is 0 Å². The van der Waals surface area contributed by atoms with Gasteiger partial charge in [0, 0.05) is 6.61 Å². The van der Waals surface area contributed by atoms with Crippen molar-refractivity contribution in [2.24, 2.45) is 0 Å². The van der Waals surface area contributed by atoms with Gasteiger partial charge in [0.05, 0.1) is 6.10 Å². The van der Waals surface area contributed by atoms with E-state index in [0.29, 0.717) is 6.42 Å². The largest absolute Gasteiger partial charge is 0.396 e. The average molecular weight is 158 g/mol. The molecule has 0 amide bonds. The molecule has 0 aliphatic heterocycles. The maximum Gasteiger partial charge on any atom is 0.0577 e. The van der Waals surface area contributed by atoms with Gasteiger partial charge in [-0.05, 0) is 32.6 Å². The van der Waals surface area contributed by atoms with Crippen molar-refractivity contribution in [3.63, 3.8) is 0 Å². The van der Waals surface area contributed by atoms with Crippen molar-refractivity contribution in [1.29, 1.82) is 0 Å². The van der Waals surface area contributed by atoms with Crippen LogP contribution in [0.5, 0.6) is 0 Å². The number of aliphatic hydroxyl groups excluding tert-OH is 2. The molecule has 2 N–H and O–H groups in total. The molecule has 0 aromatic rings. The van der Waals surface area contributed by atoms with Crippen LogP contribution in [0.2, 0.25) is 0 Å². The topological polar surface area (TPSA) is 40.5 Å². The van der Waals surface area contributed by atoms with Crippen LogP contribution in [0, 0.1) is 0 Å². The SMILES string of the molecule is C=C(C)CC(O)CCCCO. The van der Waals surface area contributed by atoms with Crippen LogP contribution in [-0.4, -0.2) is 22.9 Å². The fourth-order valence-electron chi connectivity index (χ4n) is 0.996. The Hall–Kier alpha value is -0.340. The molecule has 0 rings (SSSR count). The van der Waals surface area contributed by atoms with Gasteiger partial charge >= 0.3 is 0 Å². The van der Waals surface area contributed by atoms with Gasteiger partial charge in [-0.2, -0.15) is 0 Å². The van der Waals surface area contributed by atoms with E-state index in [9.17, 15) is 5.11 Å². The van der Waals surface area contributed by atoms with Crippen molar-refractivity contribution in [3.8, 4) is 0 Å². The summed E-state index contributed by atoms with van der Waals surface area (Å²) < 4.78 is 0. The summed E-state index contributed by atoms with van der Waals surface area (Å²) in [4.78, 5) is 0. The molecule has 0 aliphatic rings. The molecule has 0 heterocycles. The van der Waals surface area contributed by atoms with Crippen LogP contribution >= 0.6 is 0 Å². The molecule has 0 saturated heterocycles. The summed E-state index contributed by atoms with van der Waals surface area (Å²) in [7, 11) is 0. The predicted octanol–water partition coefficient (Wildman–Crippen LogP) is 1.48. The van der Waals surface area contributed by atoms with Crippen LogP contribution in [0.1, 0.15) is 32.6 Å². The summed E-state index contributed by atoms with van der Waals surface area (Å²) in [6, 6.07) is 0. The molecule has 66 valence electrons. The normalized spacial score (nSPS) is 13.0. The number of unbranched alkanes of at least 4 members (excludes halogenated alkanes) is 1. The number of rotatable bonds is 6. The second-order valence-corrected chi connectivity index (χ2v) is 3.03. The van der Waals surface area contributed by atoms with Crippen molar-refractivity contribution in [1.82, 2.24) is 0 Å². The van der Waals surface area contributed by atoms with Crippen molar-refractivity contribution >= 4 is 0 Å². The highest BCUT2D eigenvalue weighted by Crippen LogP contribution is 2.08. The summed E-state index contributed by atoms with van der Waals surface area (Å²) in [5, 5.41) is 17.8. The van der Waals surface area contributed by atoms with Crippen molar-refractivity contribution < 1.29 is 10.2 Å². The van der Waals surface area contributed by atoms with Crippen molar-refractivity contribution in [2.45, 2.75) is 38.7 Å². The molecule has 0 aliphatic carbocycles. The molecule has 1 unspecified atom stereocenters. The monoisotopic (exact) mass is 158 g/mol. The average Bonchev–Trinajstić information content (AvgIpc) is 1.86. The standard InChI is InChI=1S/C9H18O2/c1-8(2)7-9(11)5-3-4-6-10/h9-11H,1,3-7H2,2H3. The van der Waals surface area contributed by atoms with Crippen molar-refractivity contribution in [3.05, 3.63) is 12.2 Å². The third kappa shape index (κ3) is 7.56. The summed E-state index contributed by atoms with van der Waals surface area (Å²) in [5.41, 5.74) is 1.02. The molecule has 0 spiro atoms. The Morgan fingerprint density at radius 3 is 2.55 bits per heavy atom. The van der Waals surface area contributed by atoms with Crippen LogP contribution in [0.25, 0.3) is 0 Å². The third-order valence-corrected chi connectivity index (χ3v) is 1.53. The lowest BCUT2D eigenvalue weighted by Gasteiger charge is -2.08. The van der Waals surface area contributed by atoms with Gasteiger partial charge in [-0.15, -0.1) is 6.58 Å². The van der Waals surface area contributed by atoms with E-state index in [1.165, 1.54) is 0 Å². The van der Waals surface area contributed by atoms with Gasteiger partial charge in [0.25, 0.3) is 0 Å². The van der Waals surface area contributed by atoms with Gasteiger partial charge < -0.3 is 10.2 Å². The first kappa shape index (κ1) is 10.7. The summed E-state index contributed by atoms with van der Waals surface area (Å²) in [6.07, 6.45) is 2.87. The zero-order valence-corrected chi connectivity index (χ0v) is 7.21. The first-order valence-electron chi connectivity index (χ1n) is 4.10. The van der Waals surface area contributed by atoms with Gasteiger partial charge in [-0.25, -0.2) is 0 Å². The summed E-state index contributed by atoms with van der Waals surface area (Å²) in [5.74, 6) is 0. The highest BCUT2D eigenvalue weighted by molar-refractivity contribution is 4.90. The van der Waals surface area contributed by atoms with E-state index in [-0.39, 0.29) is 12.7 Å². The van der Waals surface area contributed by atoms with E-state index in [1.807, 2.05) is 6.92 Å². The first-order valence-corrected chi connectivity index (χ1v) is 4.10. The number of hydrogen-bond acceptors (Lipinski definition) is 2. The zero-order chi connectivity index (χ0) is 8.69. The minimum atomic E-state index is -0.265. The molecule has 2 heteroatoms. The maximum absolute atomic E-state index is 9.30. The number of aliphatic hydroxyl groups is 2. The Morgan fingerprint density at radius 2 is 2.09 bits per heavy atom. The highest BCUT2D eigenvalue weighted by atomic mass is 16.3. The van der Waals surface area contributed by atoms with E-state index in [0.717, 1.165) is 24.8 Å². The summed E-state index contributed by atoms with van der Waals surface area (Å²) >= 11 is 0. The molecular formula is C9H18O2. The maximum atomic E-state index is 9.30. The van der Waals surface area contributed by atoms with E-state index in [2.05, 4.69) is 6.58 Å². The Labute approximate surface area is 68.6 Å². The molecule has 0 saturated carbocycles. The quantitative estimate of drug-likeness (QED) is 0.454. The molecule has 0 aromatic carbocycles. The predicted molar refractivity (Wildman–Crippen MR) is 46.4 cm³/mol.